The van der Waals surface area contributed by atoms with Gasteiger partial charge in [-0.3, -0.25) is 14.6 Å². The molecule has 1 N–H and O–H groups in total. The molecule has 4 aromatic rings. The number of ether oxygens (including phenoxy) is 2. The zero-order valence-corrected chi connectivity index (χ0v) is 37.1. The van der Waals surface area contributed by atoms with Crippen molar-refractivity contribution in [3.8, 4) is 0 Å². The van der Waals surface area contributed by atoms with E-state index in [9.17, 15) is 14.4 Å². The van der Waals surface area contributed by atoms with Crippen molar-refractivity contribution < 1.29 is 33.4 Å². The molecule has 2 atom stereocenters. The van der Waals surface area contributed by atoms with Gasteiger partial charge in [0.25, 0.3) is 5.91 Å². The third-order valence-corrected chi connectivity index (χ3v) is 11.1. The van der Waals surface area contributed by atoms with E-state index in [0.717, 1.165) is 56.6 Å². The predicted octanol–water partition coefficient (Wildman–Crippen LogP) is 10.3. The molecule has 0 radical (unpaired) electrons. The molecule has 0 bridgehead atoms. The summed E-state index contributed by atoms with van der Waals surface area (Å²) >= 11 is 6.89. The van der Waals surface area contributed by atoms with Crippen LogP contribution < -0.4 is 20.0 Å². The second-order valence-corrected chi connectivity index (χ2v) is 18.6. The summed E-state index contributed by atoms with van der Waals surface area (Å²) in [7, 11) is 0. The lowest BCUT2D eigenvalue weighted by Crippen LogP contribution is -2.56. The minimum absolute atomic E-state index is 0.0584. The van der Waals surface area contributed by atoms with Crippen LogP contribution in [0, 0.1) is 0 Å². The van der Waals surface area contributed by atoms with Crippen molar-refractivity contribution in [2.24, 2.45) is 0 Å². The monoisotopic (exact) mass is 916 g/mol. The summed E-state index contributed by atoms with van der Waals surface area (Å²) in [6, 6.07) is 31.6. The van der Waals surface area contributed by atoms with Gasteiger partial charge in [0.2, 0.25) is 0 Å². The van der Waals surface area contributed by atoms with Crippen molar-refractivity contribution in [2.75, 3.05) is 33.1 Å². The number of hydrogen-bond acceptors (Lipinski definition) is 8. The molecule has 0 aromatic heterocycles. The average Bonchev–Trinajstić information content (AvgIpc) is 3.76. The molecule has 2 unspecified atom stereocenters. The average molecular weight is 919 g/mol. The minimum Gasteiger partial charge on any atom is -0.443 e. The molecule has 306 valence electrons. The molecule has 7 rings (SSSR count). The number of hydrogen-bond donors (Lipinski definition) is 1. The standard InChI is InChI=1S/C22H23BrN2O3.C22H27BrN2O2.CO2/c1-21(2,3)28-20(27)25-18-7-5-4-6-15(18)14-22(25)12-13-24(19(22)26)17-10-8-16(23)9-11-17;1-21(2,3)27-20(26)25-19-8-6-5-7-16(19)15-22(25,4)13-14-24-18-11-9-17(23)10-12-18;2-1-3/h4-11H,12-14H2,1-3H3;5-12,24H,13-15H2,1-4H3;. The second-order valence-electron chi connectivity index (χ2n) is 16.7. The lowest BCUT2D eigenvalue weighted by molar-refractivity contribution is -0.191. The van der Waals surface area contributed by atoms with Crippen LogP contribution in [0.15, 0.2) is 106 Å². The quantitative estimate of drug-likeness (QED) is 0.210. The van der Waals surface area contributed by atoms with Crippen LogP contribution in [0.25, 0.3) is 0 Å². The Morgan fingerprint density at radius 3 is 1.72 bits per heavy atom. The first kappa shape index (κ1) is 44.1. The van der Waals surface area contributed by atoms with Crippen molar-refractivity contribution >= 4 is 78.9 Å². The largest absolute Gasteiger partial charge is 0.443 e. The topological polar surface area (TPSA) is 126 Å². The highest BCUT2D eigenvalue weighted by atomic mass is 79.9. The van der Waals surface area contributed by atoms with E-state index in [1.807, 2.05) is 137 Å². The highest BCUT2D eigenvalue weighted by Gasteiger charge is 2.58. The van der Waals surface area contributed by atoms with Gasteiger partial charge < -0.3 is 19.7 Å². The number of halogens is 2. The van der Waals surface area contributed by atoms with Gasteiger partial charge >= 0.3 is 18.3 Å². The zero-order valence-electron chi connectivity index (χ0n) is 33.9. The number of benzene rings is 4. The van der Waals surface area contributed by atoms with Gasteiger partial charge in [-0.2, -0.15) is 9.59 Å². The summed E-state index contributed by atoms with van der Waals surface area (Å²) in [6.45, 7) is 14.7. The van der Waals surface area contributed by atoms with E-state index in [4.69, 9.17) is 19.1 Å². The molecular formula is C45H50Br2N4O7. The van der Waals surface area contributed by atoms with E-state index in [-0.39, 0.29) is 23.7 Å². The number of anilines is 4. The summed E-state index contributed by atoms with van der Waals surface area (Å²) in [4.78, 5) is 61.2. The normalized spacial score (nSPS) is 19.3. The van der Waals surface area contributed by atoms with E-state index in [2.05, 4.69) is 50.2 Å². The van der Waals surface area contributed by atoms with Gasteiger partial charge in [0.1, 0.15) is 16.7 Å². The van der Waals surface area contributed by atoms with Crippen molar-refractivity contribution in [1.82, 2.24) is 0 Å². The van der Waals surface area contributed by atoms with Crippen LogP contribution in [0.4, 0.5) is 32.3 Å². The third-order valence-electron chi connectivity index (χ3n) is 10.0. The number of nitrogens with one attached hydrogen (secondary N) is 1. The van der Waals surface area contributed by atoms with Crippen LogP contribution in [0.2, 0.25) is 0 Å². The molecule has 3 heterocycles. The lowest BCUT2D eigenvalue weighted by Gasteiger charge is -2.37. The van der Waals surface area contributed by atoms with Crippen LogP contribution in [-0.2, 0) is 36.7 Å². The molecule has 0 saturated carbocycles. The maximum Gasteiger partial charge on any atom is 0.415 e. The smallest absolute Gasteiger partial charge is 0.415 e. The van der Waals surface area contributed by atoms with E-state index in [1.165, 1.54) is 5.56 Å². The Kier molecular flexibility index (Phi) is 13.6. The van der Waals surface area contributed by atoms with Crippen LogP contribution in [0.5, 0.6) is 0 Å². The van der Waals surface area contributed by atoms with Crippen LogP contribution in [-0.4, -0.2) is 59.6 Å². The fourth-order valence-electron chi connectivity index (χ4n) is 7.61. The SMILES string of the molecule is CC(C)(C)OC(=O)N1c2ccccc2CC1(C)CCNc1ccc(Br)cc1.CC(C)(C)OC(=O)N1c2ccccc2CC12CCN(c1ccc(Br)cc1)C2=O.O=C=O. The molecule has 13 heteroatoms. The first-order valence-corrected chi connectivity index (χ1v) is 20.7. The van der Waals surface area contributed by atoms with E-state index in [1.54, 1.807) is 9.80 Å². The van der Waals surface area contributed by atoms with Crippen LogP contribution in [0.1, 0.15) is 72.4 Å². The molecule has 3 amide bonds. The van der Waals surface area contributed by atoms with Gasteiger partial charge in [-0.25, -0.2) is 9.59 Å². The van der Waals surface area contributed by atoms with Gasteiger partial charge in [0.15, 0.2) is 0 Å². The Morgan fingerprint density at radius 1 is 0.724 bits per heavy atom. The molecule has 3 aliphatic heterocycles. The third kappa shape index (κ3) is 10.2. The Hall–Kier alpha value is -4.97. The fourth-order valence-corrected chi connectivity index (χ4v) is 8.14. The summed E-state index contributed by atoms with van der Waals surface area (Å²) in [6.07, 6.45) is 2.22. The molecule has 11 nitrogen and oxygen atoms in total. The lowest BCUT2D eigenvalue weighted by atomic mass is 9.92. The molecule has 58 heavy (non-hydrogen) atoms. The van der Waals surface area contributed by atoms with E-state index in [0.29, 0.717) is 19.4 Å². The molecule has 0 aliphatic carbocycles. The van der Waals surface area contributed by atoms with Crippen LogP contribution >= 0.6 is 31.9 Å². The number of amides is 3. The van der Waals surface area contributed by atoms with E-state index < -0.39 is 22.8 Å². The predicted molar refractivity (Wildman–Crippen MR) is 232 cm³/mol. The maximum atomic E-state index is 13.6. The Balaban J connectivity index is 0.000000207. The molecule has 4 aromatic carbocycles. The Bertz CT molecular complexity index is 2140. The fraction of sp³-hybridized carbons (Fsp3) is 0.378. The minimum atomic E-state index is -0.931. The highest BCUT2D eigenvalue weighted by molar-refractivity contribution is 9.10. The van der Waals surface area contributed by atoms with Gasteiger partial charge in [0, 0.05) is 39.8 Å². The van der Waals surface area contributed by atoms with Crippen molar-refractivity contribution in [2.45, 2.75) is 96.4 Å². The Morgan fingerprint density at radius 2 is 1.19 bits per heavy atom. The molecule has 1 spiro atoms. The van der Waals surface area contributed by atoms with Gasteiger partial charge in [-0.15, -0.1) is 0 Å². The zero-order chi connectivity index (χ0) is 42.5. The van der Waals surface area contributed by atoms with Crippen LogP contribution in [0.3, 0.4) is 0 Å². The van der Waals surface area contributed by atoms with Gasteiger partial charge in [-0.05, 0) is 140 Å². The summed E-state index contributed by atoms with van der Waals surface area (Å²) in [5.41, 5.74) is 3.41. The highest BCUT2D eigenvalue weighted by Crippen LogP contribution is 2.46. The Labute approximate surface area is 357 Å². The molecule has 1 fully saturated rings. The maximum absolute atomic E-state index is 13.6. The first-order chi connectivity index (χ1) is 27.3. The van der Waals surface area contributed by atoms with E-state index >= 15 is 0 Å². The van der Waals surface area contributed by atoms with Crippen molar-refractivity contribution in [3.05, 3.63) is 117 Å². The number of carbonyl (C=O) groups is 3. The van der Waals surface area contributed by atoms with Crippen molar-refractivity contribution in [3.63, 3.8) is 0 Å². The number of fused-ring (bicyclic) bond motifs is 2. The van der Waals surface area contributed by atoms with Crippen molar-refractivity contribution in [1.29, 1.82) is 0 Å². The number of carbonyl (C=O) groups excluding carboxylic acids is 5. The summed E-state index contributed by atoms with van der Waals surface area (Å²) < 4.78 is 13.4. The summed E-state index contributed by atoms with van der Waals surface area (Å²) in [5, 5.41) is 3.46. The molecule has 3 aliphatic rings. The second kappa shape index (κ2) is 17.9. The number of rotatable bonds is 5. The summed E-state index contributed by atoms with van der Waals surface area (Å²) in [5.74, 6) is -0.0584. The first-order valence-electron chi connectivity index (χ1n) is 19.1. The molecular weight excluding hydrogens is 868 g/mol. The van der Waals surface area contributed by atoms with Gasteiger partial charge in [0.05, 0.1) is 16.9 Å². The molecule has 1 saturated heterocycles. The number of para-hydroxylation sites is 2. The number of nitrogens with zero attached hydrogens (tertiary/aromatic N) is 3. The van der Waals surface area contributed by atoms with Gasteiger partial charge in [-0.1, -0.05) is 68.3 Å².